The summed E-state index contributed by atoms with van der Waals surface area (Å²) in [4.78, 5) is 0. The van der Waals surface area contributed by atoms with Crippen LogP contribution in [0, 0.1) is 0 Å². The molecule has 0 rings (SSSR count). The molecule has 0 saturated carbocycles. The lowest BCUT2D eigenvalue weighted by Crippen LogP contribution is -2.04. The van der Waals surface area contributed by atoms with E-state index in [2.05, 4.69) is 39.1 Å². The summed E-state index contributed by atoms with van der Waals surface area (Å²) in [7, 11) is 0. The van der Waals surface area contributed by atoms with Gasteiger partial charge in [-0.1, -0.05) is 71.6 Å². The summed E-state index contributed by atoms with van der Waals surface area (Å²) >= 11 is 7.76. The summed E-state index contributed by atoms with van der Waals surface area (Å²) in [6.45, 7) is 4.67. The highest BCUT2D eigenvalue weighted by Gasteiger charge is 1.92. The highest BCUT2D eigenvalue weighted by Crippen LogP contribution is 2.08. The van der Waals surface area contributed by atoms with Gasteiger partial charge in [0.2, 0.25) is 0 Å². The highest BCUT2D eigenvalue weighted by atomic mass is 32.1. The summed E-state index contributed by atoms with van der Waals surface area (Å²) in [5.74, 6) is 0.639. The van der Waals surface area contributed by atoms with Crippen LogP contribution in [-0.4, -0.2) is 22.7 Å². The van der Waals surface area contributed by atoms with Crippen molar-refractivity contribution in [2.75, 3.05) is 12.4 Å². The van der Waals surface area contributed by atoms with Crippen molar-refractivity contribution in [3.8, 4) is 0 Å². The molecule has 0 aromatic rings. The van der Waals surface area contributed by atoms with Gasteiger partial charge in [0.1, 0.15) is 0 Å². The first-order valence-electron chi connectivity index (χ1n) is 7.12. The summed E-state index contributed by atoms with van der Waals surface area (Å²) in [5, 5.41) is 8.26. The lowest BCUT2D eigenvalue weighted by atomic mass is 10.1. The third kappa shape index (κ3) is 22.3. The van der Waals surface area contributed by atoms with Gasteiger partial charge < -0.3 is 5.11 Å². The van der Waals surface area contributed by atoms with Crippen molar-refractivity contribution < 1.29 is 5.11 Å². The van der Waals surface area contributed by atoms with Gasteiger partial charge in [-0.25, -0.2) is 0 Å². The largest absolute Gasteiger partial charge is 0.395 e. The molecule has 17 heavy (non-hydrogen) atoms. The van der Waals surface area contributed by atoms with Crippen LogP contribution >= 0.6 is 25.3 Å². The van der Waals surface area contributed by atoms with E-state index in [0.717, 1.165) is 0 Å². The maximum absolute atomic E-state index is 8.21. The molecule has 0 aromatic carbocycles. The fourth-order valence-corrected chi connectivity index (χ4v) is 1.56. The third-order valence-corrected chi connectivity index (χ3v) is 3.70. The molecule has 3 heteroatoms. The van der Waals surface area contributed by atoms with E-state index in [1.165, 1.54) is 57.8 Å². The Morgan fingerprint density at radius 3 is 1.35 bits per heavy atom. The molecule has 1 nitrogen and oxygen atoms in total. The molecule has 1 N–H and O–H groups in total. The summed E-state index contributed by atoms with van der Waals surface area (Å²) < 4.78 is 0. The molecule has 0 heterocycles. The van der Waals surface area contributed by atoms with Gasteiger partial charge >= 0.3 is 0 Å². The smallest absolute Gasteiger partial charge is 0.0555 e. The van der Waals surface area contributed by atoms with E-state index in [1.807, 2.05) is 0 Å². The first-order chi connectivity index (χ1) is 8.22. The first kappa shape index (κ1) is 20.0. The van der Waals surface area contributed by atoms with Crippen molar-refractivity contribution in [2.45, 2.75) is 76.9 Å². The molecule has 0 aliphatic heterocycles. The highest BCUT2D eigenvalue weighted by molar-refractivity contribution is 7.84. The van der Waals surface area contributed by atoms with E-state index < -0.39 is 0 Å². The zero-order valence-corrected chi connectivity index (χ0v) is 13.5. The Labute approximate surface area is 120 Å². The number of hydrogen-bond donors (Lipinski definition) is 3. The van der Waals surface area contributed by atoms with E-state index in [4.69, 9.17) is 5.11 Å². The second kappa shape index (κ2) is 19.0. The Balaban J connectivity index is 0. The standard InChI is InChI=1S/C11H24.C3H8OS2/c1-3-5-7-9-11-10-8-6-4-2;4-1-3(6)2-5/h3-11H2,1-2H3;3-6H,1-2H2. The predicted molar refractivity (Wildman–Crippen MR) is 86.6 cm³/mol. The van der Waals surface area contributed by atoms with Gasteiger partial charge in [0.05, 0.1) is 6.61 Å². The first-order valence-corrected chi connectivity index (χ1v) is 8.27. The molecule has 0 aliphatic rings. The maximum atomic E-state index is 8.21. The minimum Gasteiger partial charge on any atom is -0.395 e. The number of thiol groups is 2. The molecular formula is C14H32OS2. The summed E-state index contributed by atoms with van der Waals surface area (Å²) in [5.41, 5.74) is 0. The molecule has 0 radical (unpaired) electrons. The Bertz CT molecular complexity index is 109. The molecule has 0 aromatic heterocycles. The van der Waals surface area contributed by atoms with Gasteiger partial charge in [-0.2, -0.15) is 25.3 Å². The van der Waals surface area contributed by atoms with Crippen LogP contribution in [0.1, 0.15) is 71.6 Å². The molecule has 0 amide bonds. The second-order valence-corrected chi connectivity index (χ2v) is 5.59. The van der Waals surface area contributed by atoms with Gasteiger partial charge in [-0.3, -0.25) is 0 Å². The molecule has 0 spiro atoms. The Hall–Kier alpha value is 0.660. The Morgan fingerprint density at radius 2 is 1.18 bits per heavy atom. The molecule has 106 valence electrons. The van der Waals surface area contributed by atoms with Crippen LogP contribution in [0.3, 0.4) is 0 Å². The van der Waals surface area contributed by atoms with E-state index in [-0.39, 0.29) is 11.9 Å². The average Bonchev–Trinajstić information content (AvgIpc) is 2.37. The Kier molecular flexibility index (Phi) is 22.4. The van der Waals surface area contributed by atoms with Crippen LogP contribution in [0.25, 0.3) is 0 Å². The lowest BCUT2D eigenvalue weighted by molar-refractivity contribution is 0.302. The second-order valence-electron chi connectivity index (χ2n) is 4.49. The van der Waals surface area contributed by atoms with Crippen molar-refractivity contribution in [3.05, 3.63) is 0 Å². The number of hydrogen-bond acceptors (Lipinski definition) is 3. The number of aliphatic hydroxyl groups is 1. The SMILES string of the molecule is CCCCCCCCCCC.OCC(S)CS. The Morgan fingerprint density at radius 1 is 0.824 bits per heavy atom. The van der Waals surface area contributed by atoms with Crippen LogP contribution in [0.4, 0.5) is 0 Å². The van der Waals surface area contributed by atoms with Crippen LogP contribution in [-0.2, 0) is 0 Å². The quantitative estimate of drug-likeness (QED) is 0.390. The molecule has 1 atom stereocenters. The van der Waals surface area contributed by atoms with E-state index >= 15 is 0 Å². The molecule has 1 unspecified atom stereocenters. The third-order valence-electron chi connectivity index (χ3n) is 2.63. The normalized spacial score (nSPS) is 11.8. The lowest BCUT2D eigenvalue weighted by Gasteiger charge is -1.98. The summed E-state index contributed by atoms with van der Waals surface area (Å²) in [6, 6.07) is 0. The van der Waals surface area contributed by atoms with E-state index in [9.17, 15) is 0 Å². The van der Waals surface area contributed by atoms with Crippen LogP contribution in [0.2, 0.25) is 0 Å². The average molecular weight is 281 g/mol. The van der Waals surface area contributed by atoms with Crippen LogP contribution < -0.4 is 0 Å². The minimum absolute atomic E-state index is 0.0494. The predicted octanol–water partition coefficient (Wildman–Crippen LogP) is 4.74. The molecule has 0 fully saturated rings. The van der Waals surface area contributed by atoms with Gasteiger partial charge in [-0.05, 0) is 0 Å². The zero-order valence-electron chi connectivity index (χ0n) is 11.7. The zero-order chi connectivity index (χ0) is 13.4. The fraction of sp³-hybridized carbons (Fsp3) is 1.00. The van der Waals surface area contributed by atoms with E-state index in [1.54, 1.807) is 0 Å². The van der Waals surface area contributed by atoms with Crippen LogP contribution in [0.5, 0.6) is 0 Å². The molecule has 0 bridgehead atoms. The van der Waals surface area contributed by atoms with Gasteiger partial charge in [0.25, 0.3) is 0 Å². The van der Waals surface area contributed by atoms with Gasteiger partial charge in [0.15, 0.2) is 0 Å². The maximum Gasteiger partial charge on any atom is 0.0555 e. The number of unbranched alkanes of at least 4 members (excludes halogenated alkanes) is 8. The van der Waals surface area contributed by atoms with Gasteiger partial charge in [-0.15, -0.1) is 0 Å². The van der Waals surface area contributed by atoms with E-state index in [0.29, 0.717) is 5.75 Å². The number of rotatable bonds is 10. The van der Waals surface area contributed by atoms with Gasteiger partial charge in [0, 0.05) is 11.0 Å². The number of aliphatic hydroxyl groups excluding tert-OH is 1. The fourth-order valence-electron chi connectivity index (χ4n) is 1.44. The van der Waals surface area contributed by atoms with Crippen molar-refractivity contribution >= 4 is 25.3 Å². The molecule has 0 aliphatic carbocycles. The van der Waals surface area contributed by atoms with Crippen molar-refractivity contribution in [3.63, 3.8) is 0 Å². The van der Waals surface area contributed by atoms with Crippen molar-refractivity contribution in [2.24, 2.45) is 0 Å². The van der Waals surface area contributed by atoms with Crippen LogP contribution in [0.15, 0.2) is 0 Å². The van der Waals surface area contributed by atoms with Crippen molar-refractivity contribution in [1.82, 2.24) is 0 Å². The topological polar surface area (TPSA) is 20.2 Å². The molecular weight excluding hydrogens is 248 g/mol. The minimum atomic E-state index is 0.0494. The summed E-state index contributed by atoms with van der Waals surface area (Å²) in [6.07, 6.45) is 13.0. The monoisotopic (exact) mass is 280 g/mol. The van der Waals surface area contributed by atoms with Crippen molar-refractivity contribution in [1.29, 1.82) is 0 Å². The molecule has 0 saturated heterocycles.